The average Bonchev–Trinajstić information content (AvgIpc) is 3.65. The molecule has 1 N–H and O–H groups in total. The van der Waals surface area contributed by atoms with Crippen molar-refractivity contribution in [3.05, 3.63) is 24.7 Å². The lowest BCUT2D eigenvalue weighted by molar-refractivity contribution is -0.135. The number of nitrogens with one attached hydrogen (secondary N) is 1. The highest BCUT2D eigenvalue weighted by molar-refractivity contribution is 5.86. The molecule has 3 aliphatic rings. The lowest BCUT2D eigenvalue weighted by atomic mass is 9.90. The molecule has 11 heteroatoms. The van der Waals surface area contributed by atoms with E-state index in [1.54, 1.807) is 4.68 Å². The van der Waals surface area contributed by atoms with Crippen LogP contribution in [0.4, 0.5) is 0 Å². The van der Waals surface area contributed by atoms with Crippen LogP contribution in [-0.4, -0.2) is 91.5 Å². The van der Waals surface area contributed by atoms with Gasteiger partial charge in [-0.2, -0.15) is 10.2 Å². The smallest absolute Gasteiger partial charge is 0.236 e. The second-order valence-corrected chi connectivity index (χ2v) is 11.1. The summed E-state index contributed by atoms with van der Waals surface area (Å²) in [6.45, 7) is 4.93. The van der Waals surface area contributed by atoms with E-state index in [9.17, 15) is 9.59 Å². The van der Waals surface area contributed by atoms with Gasteiger partial charge in [0, 0.05) is 70.1 Å². The fourth-order valence-electron chi connectivity index (χ4n) is 6.02. The Balaban J connectivity index is 1.17. The summed E-state index contributed by atoms with van der Waals surface area (Å²) >= 11 is 0. The zero-order valence-corrected chi connectivity index (χ0v) is 22.3. The Morgan fingerprint density at radius 1 is 1.08 bits per heavy atom. The normalized spacial score (nSPS) is 25.7. The van der Waals surface area contributed by atoms with E-state index in [4.69, 9.17) is 14.8 Å². The van der Waals surface area contributed by atoms with Crippen LogP contribution in [0.15, 0.2) is 24.7 Å². The van der Waals surface area contributed by atoms with Gasteiger partial charge >= 0.3 is 0 Å². The van der Waals surface area contributed by atoms with Crippen molar-refractivity contribution in [3.63, 3.8) is 0 Å². The Kier molecular flexibility index (Phi) is 6.55. The molecule has 0 aromatic carbocycles. The van der Waals surface area contributed by atoms with Crippen LogP contribution in [0.3, 0.4) is 0 Å². The summed E-state index contributed by atoms with van der Waals surface area (Å²) in [6.07, 6.45) is 10.4. The van der Waals surface area contributed by atoms with Crippen molar-refractivity contribution in [2.75, 3.05) is 33.2 Å². The van der Waals surface area contributed by atoms with Crippen LogP contribution < -0.4 is 10.1 Å². The minimum atomic E-state index is -0.159. The largest absolute Gasteiger partial charge is 0.474 e. The molecule has 3 aromatic rings. The molecule has 2 atom stereocenters. The number of hydrogen-bond acceptors (Lipinski definition) is 7. The topological polar surface area (TPSA) is 110 Å². The summed E-state index contributed by atoms with van der Waals surface area (Å²) in [7, 11) is 3.77. The number of carbonyl (C=O) groups is 2. The molecule has 2 unspecified atom stereocenters. The zero-order chi connectivity index (χ0) is 26.4. The van der Waals surface area contributed by atoms with Crippen molar-refractivity contribution in [2.24, 2.45) is 13.0 Å². The van der Waals surface area contributed by atoms with Gasteiger partial charge in [-0.15, -0.1) is 0 Å². The van der Waals surface area contributed by atoms with E-state index in [0.29, 0.717) is 37.5 Å². The summed E-state index contributed by atoms with van der Waals surface area (Å²) in [5, 5.41) is 13.1. The number of piperazine rings is 1. The Labute approximate surface area is 222 Å². The van der Waals surface area contributed by atoms with E-state index < -0.39 is 0 Å². The number of pyridine rings is 1. The number of likely N-dealkylation sites (N-methyl/N-ethyl adjacent to an activating group) is 1. The summed E-state index contributed by atoms with van der Waals surface area (Å²) < 4.78 is 10.2. The molecule has 3 aromatic heterocycles. The molecule has 5 heterocycles. The lowest BCUT2D eigenvalue weighted by Gasteiger charge is -2.40. The minimum Gasteiger partial charge on any atom is -0.474 e. The molecule has 38 heavy (non-hydrogen) atoms. The van der Waals surface area contributed by atoms with Gasteiger partial charge in [-0.05, 0) is 38.7 Å². The predicted molar refractivity (Wildman–Crippen MR) is 141 cm³/mol. The van der Waals surface area contributed by atoms with Crippen molar-refractivity contribution < 1.29 is 14.3 Å². The highest BCUT2D eigenvalue weighted by atomic mass is 16.5. The average molecular weight is 521 g/mol. The number of amides is 2. The maximum absolute atomic E-state index is 12.1. The summed E-state index contributed by atoms with van der Waals surface area (Å²) in [5.74, 6) is 0.935. The highest BCUT2D eigenvalue weighted by Crippen LogP contribution is 2.34. The molecule has 3 fully saturated rings. The number of aryl methyl sites for hydroxylation is 1. The zero-order valence-electron chi connectivity index (χ0n) is 22.3. The molecular formula is C27H36N8O3. The number of nitrogens with zero attached hydrogens (tertiary/aromatic N) is 7. The maximum Gasteiger partial charge on any atom is 0.236 e. The van der Waals surface area contributed by atoms with Gasteiger partial charge in [0.1, 0.15) is 6.10 Å². The SMILES string of the molecule is CC(Oc1nc(-c2cnn(C3CCC(N4CCN(C)C(=O)C4)CC3)c2)cc2nn(C)cc12)C1CNC(=O)C1. The molecule has 1 aliphatic carbocycles. The molecule has 0 bridgehead atoms. The Hall–Kier alpha value is -3.47. The first kappa shape index (κ1) is 24.8. The molecule has 2 aliphatic heterocycles. The van der Waals surface area contributed by atoms with Gasteiger partial charge in [0.05, 0.1) is 35.4 Å². The fourth-order valence-corrected chi connectivity index (χ4v) is 6.02. The first-order chi connectivity index (χ1) is 18.3. The third-order valence-corrected chi connectivity index (χ3v) is 8.49. The third kappa shape index (κ3) is 4.87. The van der Waals surface area contributed by atoms with Crippen molar-refractivity contribution in [1.82, 2.24) is 39.7 Å². The monoisotopic (exact) mass is 520 g/mol. The summed E-state index contributed by atoms with van der Waals surface area (Å²) in [4.78, 5) is 32.9. The van der Waals surface area contributed by atoms with E-state index in [1.807, 2.05) is 44.4 Å². The Morgan fingerprint density at radius 2 is 1.87 bits per heavy atom. The van der Waals surface area contributed by atoms with Crippen molar-refractivity contribution in [2.45, 2.75) is 57.2 Å². The Morgan fingerprint density at radius 3 is 2.61 bits per heavy atom. The minimum absolute atomic E-state index is 0.0668. The van der Waals surface area contributed by atoms with Gasteiger partial charge in [0.15, 0.2) is 0 Å². The van der Waals surface area contributed by atoms with Gasteiger partial charge in [0.2, 0.25) is 17.7 Å². The number of ether oxygens (including phenoxy) is 1. The van der Waals surface area contributed by atoms with Crippen molar-refractivity contribution in [3.8, 4) is 17.1 Å². The molecular weight excluding hydrogens is 484 g/mol. The molecule has 6 rings (SSSR count). The maximum atomic E-state index is 12.1. The quantitative estimate of drug-likeness (QED) is 0.529. The predicted octanol–water partition coefficient (Wildman–Crippen LogP) is 1.99. The van der Waals surface area contributed by atoms with Crippen LogP contribution in [0.25, 0.3) is 22.2 Å². The first-order valence-corrected chi connectivity index (χ1v) is 13.6. The number of rotatable bonds is 6. The van der Waals surface area contributed by atoms with Crippen LogP contribution in [0.1, 0.15) is 45.1 Å². The third-order valence-electron chi connectivity index (χ3n) is 8.49. The molecule has 0 radical (unpaired) electrons. The van der Waals surface area contributed by atoms with Crippen LogP contribution >= 0.6 is 0 Å². The molecule has 2 amide bonds. The van der Waals surface area contributed by atoms with Gasteiger partial charge in [-0.25, -0.2) is 4.98 Å². The number of hydrogen-bond donors (Lipinski definition) is 1. The van der Waals surface area contributed by atoms with Crippen LogP contribution in [0.2, 0.25) is 0 Å². The molecule has 1 saturated carbocycles. The highest BCUT2D eigenvalue weighted by Gasteiger charge is 2.32. The summed E-state index contributed by atoms with van der Waals surface area (Å²) in [6, 6.07) is 2.79. The molecule has 2 saturated heterocycles. The summed E-state index contributed by atoms with van der Waals surface area (Å²) in [5.41, 5.74) is 2.52. The number of aromatic nitrogens is 5. The van der Waals surface area contributed by atoms with E-state index >= 15 is 0 Å². The lowest BCUT2D eigenvalue weighted by Crippen LogP contribution is -2.52. The van der Waals surface area contributed by atoms with Crippen molar-refractivity contribution >= 4 is 22.7 Å². The van der Waals surface area contributed by atoms with Crippen LogP contribution in [0, 0.1) is 5.92 Å². The molecule has 0 spiro atoms. The second-order valence-electron chi connectivity index (χ2n) is 11.1. The second kappa shape index (κ2) is 10.0. The number of fused-ring (bicyclic) bond motifs is 1. The van der Waals surface area contributed by atoms with Gasteiger partial charge in [0.25, 0.3) is 0 Å². The first-order valence-electron chi connectivity index (χ1n) is 13.6. The van der Waals surface area contributed by atoms with Crippen molar-refractivity contribution in [1.29, 1.82) is 0 Å². The fraction of sp³-hybridized carbons (Fsp3) is 0.593. The van der Waals surface area contributed by atoms with Gasteiger partial charge in [-0.3, -0.25) is 23.9 Å². The standard InChI is InChI=1S/C27H36N8O3/c1-17(18-10-25(36)28-12-18)38-27-22-15-33(3)31-24(22)11-23(30-27)19-13-29-35(14-19)21-6-4-20(5-7-21)34-9-8-32(2)26(37)16-34/h11,13-15,17-18,20-21H,4-10,12,16H2,1-3H3,(H,28,36). The van der Waals surface area contributed by atoms with Gasteiger partial charge in [-0.1, -0.05) is 0 Å². The van der Waals surface area contributed by atoms with Crippen LogP contribution in [0.5, 0.6) is 5.88 Å². The van der Waals surface area contributed by atoms with Crippen LogP contribution in [-0.2, 0) is 16.6 Å². The number of carbonyl (C=O) groups excluding carboxylic acids is 2. The molecule has 11 nitrogen and oxygen atoms in total. The van der Waals surface area contributed by atoms with E-state index in [1.165, 1.54) is 0 Å². The Bertz CT molecular complexity index is 1340. The van der Waals surface area contributed by atoms with E-state index in [0.717, 1.165) is 60.9 Å². The van der Waals surface area contributed by atoms with Gasteiger partial charge < -0.3 is 15.0 Å². The van der Waals surface area contributed by atoms with E-state index in [2.05, 4.69) is 26.2 Å². The molecule has 202 valence electrons. The van der Waals surface area contributed by atoms with E-state index in [-0.39, 0.29) is 23.8 Å².